The van der Waals surface area contributed by atoms with Crippen molar-refractivity contribution in [1.29, 1.82) is 0 Å². The van der Waals surface area contributed by atoms with E-state index in [9.17, 15) is 9.59 Å². The van der Waals surface area contributed by atoms with Crippen LogP contribution in [0.2, 0.25) is 0 Å². The molecule has 1 aromatic carbocycles. The molecule has 2 fully saturated rings. The van der Waals surface area contributed by atoms with E-state index in [1.165, 1.54) is 12.8 Å². The Morgan fingerprint density at radius 2 is 1.90 bits per heavy atom. The molecule has 3 aromatic rings. The maximum absolute atomic E-state index is 12.7. The van der Waals surface area contributed by atoms with Crippen molar-refractivity contribution in [2.75, 3.05) is 11.9 Å². The molecule has 1 aliphatic carbocycles. The topological polar surface area (TPSA) is 80.1 Å². The molecule has 1 N–H and O–H groups in total. The average molecular weight is 389 g/mol. The summed E-state index contributed by atoms with van der Waals surface area (Å²) in [6, 6.07) is 11.9. The van der Waals surface area contributed by atoms with Crippen LogP contribution in [0, 0.1) is 5.92 Å². The Morgan fingerprint density at radius 1 is 1.07 bits per heavy atom. The third kappa shape index (κ3) is 3.37. The molecule has 7 heteroatoms. The van der Waals surface area contributed by atoms with E-state index in [2.05, 4.69) is 15.3 Å². The van der Waals surface area contributed by atoms with Crippen molar-refractivity contribution in [1.82, 2.24) is 19.4 Å². The highest BCUT2D eigenvalue weighted by Crippen LogP contribution is 2.30. The van der Waals surface area contributed by atoms with E-state index in [0.717, 1.165) is 29.7 Å². The van der Waals surface area contributed by atoms with Gasteiger partial charge in [0.1, 0.15) is 12.1 Å². The zero-order valence-corrected chi connectivity index (χ0v) is 16.1. The average Bonchev–Trinajstić information content (AvgIpc) is 3.48. The standard InChI is InChI=1S/C22H23N5O2/c28-21-11-15(13-26(21)17-5-1-2-6-17)22(29)25-16-9-10-20(23-12-16)27-14-24-18-7-3-4-8-19(18)27/h3-4,7-10,12,14-15,17H,1-2,5-6,11,13H2,(H,25,29). The molecule has 1 atom stereocenters. The van der Waals surface area contributed by atoms with E-state index < -0.39 is 0 Å². The molecular formula is C22H23N5O2. The number of hydrogen-bond donors (Lipinski definition) is 1. The van der Waals surface area contributed by atoms with E-state index in [4.69, 9.17) is 0 Å². The number of aromatic nitrogens is 3. The molecule has 2 amide bonds. The SMILES string of the molecule is O=C(Nc1ccc(-n2cnc3ccccc32)nc1)C1CC(=O)N(C2CCCC2)C1. The first kappa shape index (κ1) is 17.8. The van der Waals surface area contributed by atoms with Gasteiger partial charge in [-0.05, 0) is 37.1 Å². The summed E-state index contributed by atoms with van der Waals surface area (Å²) in [4.78, 5) is 35.8. The summed E-state index contributed by atoms with van der Waals surface area (Å²) >= 11 is 0. The van der Waals surface area contributed by atoms with Crippen molar-refractivity contribution in [3.8, 4) is 5.82 Å². The molecule has 0 radical (unpaired) electrons. The smallest absolute Gasteiger partial charge is 0.229 e. The molecule has 2 aromatic heterocycles. The highest BCUT2D eigenvalue weighted by molar-refractivity contribution is 5.97. The van der Waals surface area contributed by atoms with Gasteiger partial charge in [-0.25, -0.2) is 9.97 Å². The first-order valence-electron chi connectivity index (χ1n) is 10.2. The number of pyridine rings is 1. The van der Waals surface area contributed by atoms with Gasteiger partial charge < -0.3 is 10.2 Å². The van der Waals surface area contributed by atoms with Gasteiger partial charge in [0, 0.05) is 19.0 Å². The van der Waals surface area contributed by atoms with Crippen LogP contribution in [0.1, 0.15) is 32.1 Å². The second kappa shape index (κ2) is 7.31. The number of para-hydroxylation sites is 2. The number of rotatable bonds is 4. The van der Waals surface area contributed by atoms with Crippen LogP contribution >= 0.6 is 0 Å². The van der Waals surface area contributed by atoms with Crippen LogP contribution in [-0.4, -0.2) is 43.8 Å². The van der Waals surface area contributed by atoms with Gasteiger partial charge in [-0.3, -0.25) is 14.2 Å². The van der Waals surface area contributed by atoms with E-state index in [1.807, 2.05) is 45.9 Å². The number of nitrogens with zero attached hydrogens (tertiary/aromatic N) is 4. The Kier molecular flexibility index (Phi) is 4.50. The Morgan fingerprint density at radius 3 is 2.69 bits per heavy atom. The predicted octanol–water partition coefficient (Wildman–Crippen LogP) is 3.15. The van der Waals surface area contributed by atoms with Crippen molar-refractivity contribution in [2.45, 2.75) is 38.1 Å². The van der Waals surface area contributed by atoms with Crippen LogP contribution in [0.4, 0.5) is 5.69 Å². The van der Waals surface area contributed by atoms with E-state index in [1.54, 1.807) is 12.5 Å². The van der Waals surface area contributed by atoms with Crippen molar-refractivity contribution >= 4 is 28.5 Å². The van der Waals surface area contributed by atoms with Crippen LogP contribution < -0.4 is 5.32 Å². The highest BCUT2D eigenvalue weighted by atomic mass is 16.2. The molecular weight excluding hydrogens is 366 g/mol. The van der Waals surface area contributed by atoms with Gasteiger partial charge in [0.05, 0.1) is 28.8 Å². The second-order valence-electron chi connectivity index (χ2n) is 7.88. The van der Waals surface area contributed by atoms with Crippen molar-refractivity contribution in [3.05, 3.63) is 48.9 Å². The molecule has 0 bridgehead atoms. The zero-order valence-electron chi connectivity index (χ0n) is 16.1. The van der Waals surface area contributed by atoms with Crippen LogP contribution in [-0.2, 0) is 9.59 Å². The summed E-state index contributed by atoms with van der Waals surface area (Å²) in [7, 11) is 0. The predicted molar refractivity (Wildman–Crippen MR) is 110 cm³/mol. The van der Waals surface area contributed by atoms with E-state index >= 15 is 0 Å². The summed E-state index contributed by atoms with van der Waals surface area (Å²) in [5.74, 6) is 0.444. The lowest BCUT2D eigenvalue weighted by Gasteiger charge is -2.23. The summed E-state index contributed by atoms with van der Waals surface area (Å²) in [6.45, 7) is 0.530. The Labute approximate surface area is 168 Å². The number of anilines is 1. The minimum atomic E-state index is -0.291. The minimum Gasteiger partial charge on any atom is -0.339 e. The Balaban J connectivity index is 1.26. The summed E-state index contributed by atoms with van der Waals surface area (Å²) < 4.78 is 1.91. The number of carbonyl (C=O) groups is 2. The first-order chi connectivity index (χ1) is 14.2. The van der Waals surface area contributed by atoms with Gasteiger partial charge >= 0.3 is 0 Å². The lowest BCUT2D eigenvalue weighted by atomic mass is 10.1. The van der Waals surface area contributed by atoms with Gasteiger partial charge in [-0.15, -0.1) is 0 Å². The van der Waals surface area contributed by atoms with Gasteiger partial charge in [-0.2, -0.15) is 0 Å². The number of hydrogen-bond acceptors (Lipinski definition) is 4. The van der Waals surface area contributed by atoms with Crippen LogP contribution in [0.25, 0.3) is 16.9 Å². The van der Waals surface area contributed by atoms with Gasteiger partial charge in [0.15, 0.2) is 0 Å². The third-order valence-electron chi connectivity index (χ3n) is 6.01. The number of carbonyl (C=O) groups excluding carboxylic acids is 2. The molecule has 7 nitrogen and oxygen atoms in total. The zero-order chi connectivity index (χ0) is 19.8. The number of likely N-dealkylation sites (tertiary alicyclic amines) is 1. The number of benzene rings is 1. The molecule has 148 valence electrons. The van der Waals surface area contributed by atoms with Crippen molar-refractivity contribution in [2.24, 2.45) is 5.92 Å². The Hall–Kier alpha value is -3.22. The first-order valence-corrected chi connectivity index (χ1v) is 10.2. The molecule has 1 aliphatic heterocycles. The molecule has 1 saturated heterocycles. The third-order valence-corrected chi connectivity index (χ3v) is 6.01. The highest BCUT2D eigenvalue weighted by Gasteiger charge is 2.38. The molecule has 3 heterocycles. The van der Waals surface area contributed by atoms with Crippen LogP contribution in [0.15, 0.2) is 48.9 Å². The molecule has 1 unspecified atom stereocenters. The summed E-state index contributed by atoms with van der Waals surface area (Å²) in [5, 5.41) is 2.92. The van der Waals surface area contributed by atoms with Gasteiger partial charge in [0.25, 0.3) is 0 Å². The normalized spacial score (nSPS) is 19.9. The minimum absolute atomic E-state index is 0.109. The lowest BCUT2D eigenvalue weighted by molar-refractivity contribution is -0.129. The maximum atomic E-state index is 12.7. The molecule has 2 aliphatic rings. The van der Waals surface area contributed by atoms with Gasteiger partial charge in [-0.1, -0.05) is 25.0 Å². The summed E-state index contributed by atoms with van der Waals surface area (Å²) in [6.07, 6.45) is 8.17. The van der Waals surface area contributed by atoms with Crippen molar-refractivity contribution < 1.29 is 9.59 Å². The number of amides is 2. The molecule has 29 heavy (non-hydrogen) atoms. The van der Waals surface area contributed by atoms with Crippen LogP contribution in [0.5, 0.6) is 0 Å². The molecule has 5 rings (SSSR count). The number of imidazole rings is 1. The Bertz CT molecular complexity index is 1050. The van der Waals surface area contributed by atoms with Gasteiger partial charge in [0.2, 0.25) is 11.8 Å². The monoisotopic (exact) mass is 389 g/mol. The number of fused-ring (bicyclic) bond motifs is 1. The fraction of sp³-hybridized carbons (Fsp3) is 0.364. The molecule has 1 saturated carbocycles. The summed E-state index contributed by atoms with van der Waals surface area (Å²) in [5.41, 5.74) is 2.52. The second-order valence-corrected chi connectivity index (χ2v) is 7.88. The quantitative estimate of drug-likeness (QED) is 0.743. The lowest BCUT2D eigenvalue weighted by Crippen LogP contribution is -2.35. The van der Waals surface area contributed by atoms with E-state index in [-0.39, 0.29) is 17.7 Å². The van der Waals surface area contributed by atoms with Crippen LogP contribution in [0.3, 0.4) is 0 Å². The molecule has 0 spiro atoms. The maximum Gasteiger partial charge on any atom is 0.229 e. The number of nitrogens with one attached hydrogen (secondary N) is 1. The largest absolute Gasteiger partial charge is 0.339 e. The fourth-order valence-electron chi connectivity index (χ4n) is 4.46. The van der Waals surface area contributed by atoms with E-state index in [0.29, 0.717) is 24.7 Å². The van der Waals surface area contributed by atoms with Crippen molar-refractivity contribution in [3.63, 3.8) is 0 Å². The fourth-order valence-corrected chi connectivity index (χ4v) is 4.46.